The summed E-state index contributed by atoms with van der Waals surface area (Å²) in [5, 5.41) is 11.1. The number of nitro benzene ring substituents is 1. The van der Waals surface area contributed by atoms with Crippen LogP contribution < -0.4 is 0 Å². The Morgan fingerprint density at radius 3 is 2.91 bits per heavy atom. The van der Waals surface area contributed by atoms with Crippen molar-refractivity contribution in [3.8, 4) is 0 Å². The Morgan fingerprint density at radius 2 is 2.17 bits per heavy atom. The second kappa shape index (κ2) is 6.55. The average Bonchev–Trinajstić information content (AvgIpc) is 2.49. The summed E-state index contributed by atoms with van der Waals surface area (Å²) in [6.45, 7) is 7.15. The lowest BCUT2D eigenvalue weighted by atomic mass is 9.91. The van der Waals surface area contributed by atoms with Crippen LogP contribution in [0.3, 0.4) is 0 Å². The van der Waals surface area contributed by atoms with Crippen LogP contribution in [0.5, 0.6) is 0 Å². The van der Waals surface area contributed by atoms with E-state index in [9.17, 15) is 10.1 Å². The minimum Gasteiger partial charge on any atom is -0.371 e. The van der Waals surface area contributed by atoms with Crippen LogP contribution in [0.15, 0.2) is 18.2 Å². The fourth-order valence-corrected chi connectivity index (χ4v) is 3.83. The molecule has 0 N–H and O–H groups in total. The van der Waals surface area contributed by atoms with Gasteiger partial charge in [0, 0.05) is 37.8 Å². The first-order valence-corrected chi connectivity index (χ1v) is 8.26. The minimum absolute atomic E-state index is 0.0676. The first-order chi connectivity index (χ1) is 11.0. The molecule has 6 nitrogen and oxygen atoms in total. The normalized spacial score (nSPS) is 26.5. The number of ether oxygens (including phenoxy) is 1. The van der Waals surface area contributed by atoms with E-state index in [0.29, 0.717) is 5.56 Å². The molecular weight excluding hydrogens is 294 g/mol. The van der Waals surface area contributed by atoms with Crippen LogP contribution in [0.2, 0.25) is 0 Å². The maximum absolute atomic E-state index is 11.1. The van der Waals surface area contributed by atoms with E-state index in [2.05, 4.69) is 16.8 Å². The molecule has 23 heavy (non-hydrogen) atoms. The molecule has 0 bridgehead atoms. The van der Waals surface area contributed by atoms with E-state index in [1.54, 1.807) is 13.0 Å². The molecule has 1 aromatic rings. The number of hydrogen-bond acceptors (Lipinski definition) is 5. The first kappa shape index (κ1) is 16.4. The number of likely N-dealkylation sites (tertiary alicyclic amines) is 1. The summed E-state index contributed by atoms with van der Waals surface area (Å²) in [7, 11) is 2.15. The third-order valence-electron chi connectivity index (χ3n) is 4.93. The summed E-state index contributed by atoms with van der Waals surface area (Å²) >= 11 is 0. The van der Waals surface area contributed by atoms with E-state index in [0.717, 1.165) is 51.3 Å². The van der Waals surface area contributed by atoms with Crippen LogP contribution in [0.1, 0.15) is 24.0 Å². The van der Waals surface area contributed by atoms with Gasteiger partial charge in [-0.3, -0.25) is 15.0 Å². The number of morpholine rings is 1. The van der Waals surface area contributed by atoms with Gasteiger partial charge in [-0.25, -0.2) is 0 Å². The standard InChI is InChI=1S/C17H25N3O3/c1-14-4-5-15(10-16(14)20(21)22)11-19-8-9-23-17(13-19)6-3-7-18(2)12-17/h4-5,10H,3,6-9,11-13H2,1-2H3/t17-/m0/s1. The fraction of sp³-hybridized carbons (Fsp3) is 0.647. The van der Waals surface area contributed by atoms with Crippen molar-refractivity contribution >= 4 is 5.69 Å². The monoisotopic (exact) mass is 319 g/mol. The summed E-state index contributed by atoms with van der Waals surface area (Å²) in [4.78, 5) is 15.5. The second-order valence-corrected chi connectivity index (χ2v) is 6.96. The topological polar surface area (TPSA) is 58.8 Å². The molecule has 0 aliphatic carbocycles. The van der Waals surface area contributed by atoms with E-state index in [1.165, 1.54) is 6.42 Å². The Labute approximate surface area is 137 Å². The number of aryl methyl sites for hydroxylation is 1. The van der Waals surface area contributed by atoms with Crippen molar-refractivity contribution in [2.24, 2.45) is 0 Å². The lowest BCUT2D eigenvalue weighted by molar-refractivity contribution is -0.385. The summed E-state index contributed by atoms with van der Waals surface area (Å²) < 4.78 is 6.13. The van der Waals surface area contributed by atoms with Gasteiger partial charge in [-0.2, -0.15) is 0 Å². The van der Waals surface area contributed by atoms with Crippen molar-refractivity contribution in [1.82, 2.24) is 9.80 Å². The Hall–Kier alpha value is -1.50. The highest BCUT2D eigenvalue weighted by Gasteiger charge is 2.39. The molecule has 2 fully saturated rings. The van der Waals surface area contributed by atoms with Crippen molar-refractivity contribution in [2.45, 2.75) is 31.9 Å². The van der Waals surface area contributed by atoms with Gasteiger partial charge in [0.15, 0.2) is 0 Å². The highest BCUT2D eigenvalue weighted by molar-refractivity contribution is 5.42. The van der Waals surface area contributed by atoms with Crippen molar-refractivity contribution in [2.75, 3.05) is 39.8 Å². The number of nitro groups is 1. The summed E-state index contributed by atoms with van der Waals surface area (Å²) in [5.41, 5.74) is 1.86. The molecule has 2 heterocycles. The molecule has 1 atom stereocenters. The summed E-state index contributed by atoms with van der Waals surface area (Å²) in [6, 6.07) is 5.56. The Kier molecular flexibility index (Phi) is 4.66. The zero-order valence-electron chi connectivity index (χ0n) is 14.0. The molecule has 0 unspecified atom stereocenters. The summed E-state index contributed by atoms with van der Waals surface area (Å²) in [6.07, 6.45) is 2.27. The number of hydrogen-bond donors (Lipinski definition) is 0. The van der Waals surface area contributed by atoms with Crippen LogP contribution in [0, 0.1) is 17.0 Å². The van der Waals surface area contributed by atoms with E-state index >= 15 is 0 Å². The molecule has 126 valence electrons. The molecule has 0 saturated carbocycles. The number of nitrogens with zero attached hydrogens (tertiary/aromatic N) is 3. The molecule has 0 amide bonds. The molecule has 0 aromatic heterocycles. The number of rotatable bonds is 3. The molecule has 2 aliphatic heterocycles. The third kappa shape index (κ3) is 3.71. The van der Waals surface area contributed by atoms with Crippen molar-refractivity contribution < 1.29 is 9.66 Å². The van der Waals surface area contributed by atoms with Gasteiger partial charge in [0.1, 0.15) is 0 Å². The van der Waals surface area contributed by atoms with Gasteiger partial charge >= 0.3 is 0 Å². The van der Waals surface area contributed by atoms with E-state index < -0.39 is 0 Å². The van der Waals surface area contributed by atoms with Crippen molar-refractivity contribution in [3.63, 3.8) is 0 Å². The van der Waals surface area contributed by atoms with Gasteiger partial charge in [-0.05, 0) is 38.9 Å². The lowest BCUT2D eigenvalue weighted by Gasteiger charge is -2.47. The Morgan fingerprint density at radius 1 is 1.35 bits per heavy atom. The fourth-order valence-electron chi connectivity index (χ4n) is 3.83. The van der Waals surface area contributed by atoms with Crippen LogP contribution in [0.25, 0.3) is 0 Å². The van der Waals surface area contributed by atoms with Gasteiger partial charge < -0.3 is 9.64 Å². The smallest absolute Gasteiger partial charge is 0.272 e. The van der Waals surface area contributed by atoms with Crippen LogP contribution >= 0.6 is 0 Å². The first-order valence-electron chi connectivity index (χ1n) is 8.26. The van der Waals surface area contributed by atoms with Gasteiger partial charge in [-0.15, -0.1) is 0 Å². The largest absolute Gasteiger partial charge is 0.371 e. The van der Waals surface area contributed by atoms with E-state index in [4.69, 9.17) is 4.74 Å². The van der Waals surface area contributed by atoms with Crippen LogP contribution in [0.4, 0.5) is 5.69 Å². The average molecular weight is 319 g/mol. The lowest BCUT2D eigenvalue weighted by Crippen LogP contribution is -2.58. The van der Waals surface area contributed by atoms with Crippen LogP contribution in [-0.2, 0) is 11.3 Å². The molecule has 2 saturated heterocycles. The van der Waals surface area contributed by atoms with Crippen LogP contribution in [-0.4, -0.2) is 60.2 Å². The number of piperidine rings is 1. The SMILES string of the molecule is Cc1ccc(CN2CCO[C@]3(CCCN(C)C3)C2)cc1[N+](=O)[O-]. The van der Waals surface area contributed by atoms with Gasteiger partial charge in [0.05, 0.1) is 17.1 Å². The van der Waals surface area contributed by atoms with E-state index in [1.807, 2.05) is 12.1 Å². The highest BCUT2D eigenvalue weighted by Crippen LogP contribution is 2.29. The second-order valence-electron chi connectivity index (χ2n) is 6.96. The van der Waals surface area contributed by atoms with Gasteiger partial charge in [0.2, 0.25) is 0 Å². The maximum atomic E-state index is 11.1. The molecular formula is C17H25N3O3. The molecule has 6 heteroatoms. The molecule has 3 rings (SSSR count). The quantitative estimate of drug-likeness (QED) is 0.631. The molecule has 1 aromatic carbocycles. The number of benzene rings is 1. The molecule has 2 aliphatic rings. The predicted octanol–water partition coefficient (Wildman–Crippen LogP) is 2.20. The molecule has 1 spiro atoms. The van der Waals surface area contributed by atoms with Gasteiger partial charge in [0.25, 0.3) is 5.69 Å². The zero-order valence-corrected chi connectivity index (χ0v) is 14.0. The molecule has 0 radical (unpaired) electrons. The van der Waals surface area contributed by atoms with Crippen molar-refractivity contribution in [3.05, 3.63) is 39.4 Å². The number of likely N-dealkylation sites (N-methyl/N-ethyl adjacent to an activating group) is 1. The highest BCUT2D eigenvalue weighted by atomic mass is 16.6. The predicted molar refractivity (Wildman–Crippen MR) is 88.5 cm³/mol. The summed E-state index contributed by atoms with van der Waals surface area (Å²) in [5.74, 6) is 0. The Balaban J connectivity index is 1.70. The minimum atomic E-state index is -0.296. The Bertz CT molecular complexity index is 588. The van der Waals surface area contributed by atoms with Crippen molar-refractivity contribution in [1.29, 1.82) is 0 Å². The maximum Gasteiger partial charge on any atom is 0.272 e. The zero-order chi connectivity index (χ0) is 16.4. The van der Waals surface area contributed by atoms with E-state index in [-0.39, 0.29) is 16.2 Å². The van der Waals surface area contributed by atoms with Gasteiger partial charge in [-0.1, -0.05) is 12.1 Å². The third-order valence-corrected chi connectivity index (χ3v) is 4.93.